The van der Waals surface area contributed by atoms with Gasteiger partial charge in [-0.25, -0.2) is 4.98 Å². The fraction of sp³-hybridized carbons (Fsp3) is 0.692. The largest absolute Gasteiger partial charge is 0.478 e. The molecular weight excluding hydrogens is 250 g/mol. The predicted molar refractivity (Wildman–Crippen MR) is 73.4 cm³/mol. The van der Waals surface area contributed by atoms with E-state index in [0.717, 1.165) is 12.8 Å². The third-order valence-electron chi connectivity index (χ3n) is 3.37. The Labute approximate surface area is 113 Å². The summed E-state index contributed by atoms with van der Waals surface area (Å²) in [6.45, 7) is 2.55. The molecule has 0 saturated heterocycles. The van der Waals surface area contributed by atoms with Crippen molar-refractivity contribution in [2.24, 2.45) is 0 Å². The Morgan fingerprint density at radius 1 is 1.39 bits per heavy atom. The number of rotatable bonds is 5. The molecule has 1 heterocycles. The zero-order chi connectivity index (χ0) is 12.8. The lowest BCUT2D eigenvalue weighted by molar-refractivity contribution is 0.324. The first-order valence-electron chi connectivity index (χ1n) is 6.58. The summed E-state index contributed by atoms with van der Waals surface area (Å²) in [4.78, 5) is 8.59. The van der Waals surface area contributed by atoms with Gasteiger partial charge in [0.2, 0.25) is 11.8 Å². The highest BCUT2D eigenvalue weighted by Gasteiger charge is 2.31. The van der Waals surface area contributed by atoms with Crippen LogP contribution >= 0.6 is 11.6 Å². The van der Waals surface area contributed by atoms with Crippen LogP contribution in [0.4, 0.5) is 5.95 Å². The molecule has 5 heteroatoms. The van der Waals surface area contributed by atoms with Crippen LogP contribution in [-0.4, -0.2) is 28.0 Å². The summed E-state index contributed by atoms with van der Waals surface area (Å²) < 4.78 is 5.38. The summed E-state index contributed by atoms with van der Waals surface area (Å²) in [5, 5.41) is 3.41. The number of alkyl halides is 1. The van der Waals surface area contributed by atoms with Crippen molar-refractivity contribution in [1.29, 1.82) is 0 Å². The van der Waals surface area contributed by atoms with Crippen LogP contribution in [0.1, 0.15) is 39.0 Å². The smallest absolute Gasteiger partial charge is 0.226 e. The van der Waals surface area contributed by atoms with Crippen LogP contribution in [0.15, 0.2) is 12.3 Å². The first-order chi connectivity index (χ1) is 8.78. The predicted octanol–water partition coefficient (Wildman–Crippen LogP) is 3.23. The Hall–Kier alpha value is -1.03. The molecule has 1 saturated carbocycles. The quantitative estimate of drug-likeness (QED) is 0.834. The molecule has 0 bridgehead atoms. The van der Waals surface area contributed by atoms with Gasteiger partial charge in [0.1, 0.15) is 0 Å². The molecule has 18 heavy (non-hydrogen) atoms. The molecule has 0 radical (unpaired) electrons. The maximum atomic E-state index is 6.14. The monoisotopic (exact) mass is 269 g/mol. The molecule has 0 spiro atoms. The molecule has 1 aliphatic rings. The number of ether oxygens (including phenoxy) is 1. The van der Waals surface area contributed by atoms with Gasteiger partial charge in [0.05, 0.1) is 12.1 Å². The Bertz CT molecular complexity index is 380. The number of halogens is 1. The van der Waals surface area contributed by atoms with Crippen molar-refractivity contribution in [1.82, 2.24) is 9.97 Å². The minimum atomic E-state index is -0.0509. The molecule has 0 aliphatic heterocycles. The SMILES string of the molecule is CCOc1ccnc(NC2(CCl)CCCCC2)n1. The Morgan fingerprint density at radius 2 is 2.17 bits per heavy atom. The van der Waals surface area contributed by atoms with Crippen LogP contribution in [0.25, 0.3) is 0 Å². The topological polar surface area (TPSA) is 47.0 Å². The van der Waals surface area contributed by atoms with Gasteiger partial charge in [0, 0.05) is 18.1 Å². The zero-order valence-corrected chi connectivity index (χ0v) is 11.5. The molecule has 100 valence electrons. The van der Waals surface area contributed by atoms with Crippen LogP contribution in [0.3, 0.4) is 0 Å². The van der Waals surface area contributed by atoms with Gasteiger partial charge in [-0.1, -0.05) is 19.3 Å². The van der Waals surface area contributed by atoms with Crippen molar-refractivity contribution >= 4 is 17.5 Å². The summed E-state index contributed by atoms with van der Waals surface area (Å²) in [7, 11) is 0. The average molecular weight is 270 g/mol. The van der Waals surface area contributed by atoms with Gasteiger partial charge in [-0.2, -0.15) is 4.98 Å². The summed E-state index contributed by atoms with van der Waals surface area (Å²) in [5.74, 6) is 1.81. The second kappa shape index (κ2) is 6.23. The second-order valence-corrected chi connectivity index (χ2v) is 5.02. The van der Waals surface area contributed by atoms with E-state index in [4.69, 9.17) is 16.3 Å². The number of aromatic nitrogens is 2. The molecular formula is C13H20ClN3O. The van der Waals surface area contributed by atoms with Crippen molar-refractivity contribution in [3.8, 4) is 5.88 Å². The van der Waals surface area contributed by atoms with E-state index >= 15 is 0 Å². The second-order valence-electron chi connectivity index (χ2n) is 4.75. The highest BCUT2D eigenvalue weighted by Crippen LogP contribution is 2.32. The summed E-state index contributed by atoms with van der Waals surface area (Å²) in [5.41, 5.74) is -0.0509. The maximum absolute atomic E-state index is 6.14. The van der Waals surface area contributed by atoms with Crippen LogP contribution in [0, 0.1) is 0 Å². The van der Waals surface area contributed by atoms with Crippen LogP contribution in [0.5, 0.6) is 5.88 Å². The highest BCUT2D eigenvalue weighted by atomic mass is 35.5. The Kier molecular flexibility index (Phi) is 4.64. The molecule has 4 nitrogen and oxygen atoms in total. The normalized spacial score (nSPS) is 18.3. The van der Waals surface area contributed by atoms with Crippen LogP contribution < -0.4 is 10.1 Å². The molecule has 0 unspecified atom stereocenters. The van der Waals surface area contributed by atoms with Gasteiger partial charge in [-0.05, 0) is 19.8 Å². The lowest BCUT2D eigenvalue weighted by Crippen LogP contribution is -2.42. The molecule has 1 fully saturated rings. The minimum Gasteiger partial charge on any atom is -0.478 e. The number of nitrogens with one attached hydrogen (secondary N) is 1. The van der Waals surface area contributed by atoms with Crippen molar-refractivity contribution in [3.63, 3.8) is 0 Å². The first-order valence-corrected chi connectivity index (χ1v) is 7.11. The van der Waals surface area contributed by atoms with Gasteiger partial charge in [0.25, 0.3) is 0 Å². The molecule has 0 aromatic carbocycles. The standard InChI is InChI=1S/C13H20ClN3O/c1-2-18-11-6-9-15-12(16-11)17-13(10-14)7-4-3-5-8-13/h6,9H,2-5,7-8,10H2,1H3,(H,15,16,17). The van der Waals surface area contributed by atoms with Gasteiger partial charge in [0.15, 0.2) is 0 Å². The fourth-order valence-corrected chi connectivity index (χ4v) is 2.72. The van der Waals surface area contributed by atoms with Crippen molar-refractivity contribution < 1.29 is 4.74 Å². The van der Waals surface area contributed by atoms with Crippen molar-refractivity contribution in [2.75, 3.05) is 17.8 Å². The van der Waals surface area contributed by atoms with Crippen LogP contribution in [-0.2, 0) is 0 Å². The van der Waals surface area contributed by atoms with Crippen LogP contribution in [0.2, 0.25) is 0 Å². The van der Waals surface area contributed by atoms with Crippen molar-refractivity contribution in [3.05, 3.63) is 12.3 Å². The first kappa shape index (κ1) is 13.4. The number of hydrogen-bond acceptors (Lipinski definition) is 4. The summed E-state index contributed by atoms with van der Waals surface area (Å²) >= 11 is 6.14. The minimum absolute atomic E-state index is 0.0509. The van der Waals surface area contributed by atoms with Gasteiger partial charge < -0.3 is 10.1 Å². The Balaban J connectivity index is 2.08. The maximum Gasteiger partial charge on any atom is 0.226 e. The molecule has 0 amide bonds. The third kappa shape index (κ3) is 3.25. The zero-order valence-electron chi connectivity index (χ0n) is 10.8. The lowest BCUT2D eigenvalue weighted by Gasteiger charge is -2.36. The number of hydrogen-bond donors (Lipinski definition) is 1. The molecule has 0 atom stereocenters. The molecule has 1 aromatic heterocycles. The van der Waals surface area contributed by atoms with Gasteiger partial charge in [-0.3, -0.25) is 0 Å². The molecule has 1 aliphatic carbocycles. The third-order valence-corrected chi connectivity index (χ3v) is 3.88. The summed E-state index contributed by atoms with van der Waals surface area (Å²) in [6.07, 6.45) is 7.60. The van der Waals surface area contributed by atoms with E-state index in [1.165, 1.54) is 19.3 Å². The lowest BCUT2D eigenvalue weighted by atomic mass is 9.83. The number of nitrogens with zero attached hydrogens (tertiary/aromatic N) is 2. The van der Waals surface area contributed by atoms with E-state index < -0.39 is 0 Å². The molecule has 2 rings (SSSR count). The van der Waals surface area contributed by atoms with Gasteiger partial charge in [-0.15, -0.1) is 11.6 Å². The van der Waals surface area contributed by atoms with E-state index in [1.54, 1.807) is 12.3 Å². The molecule has 1 aromatic rings. The number of anilines is 1. The Morgan fingerprint density at radius 3 is 2.83 bits per heavy atom. The van der Waals surface area contributed by atoms with E-state index in [2.05, 4.69) is 15.3 Å². The van der Waals surface area contributed by atoms with Gasteiger partial charge >= 0.3 is 0 Å². The van der Waals surface area contributed by atoms with E-state index in [1.807, 2.05) is 6.92 Å². The molecule has 1 N–H and O–H groups in total. The van der Waals surface area contributed by atoms with E-state index in [9.17, 15) is 0 Å². The average Bonchev–Trinajstić information content (AvgIpc) is 2.41. The fourth-order valence-electron chi connectivity index (χ4n) is 2.39. The van der Waals surface area contributed by atoms with Crippen molar-refractivity contribution in [2.45, 2.75) is 44.6 Å². The highest BCUT2D eigenvalue weighted by molar-refractivity contribution is 6.18. The van der Waals surface area contributed by atoms with E-state index in [0.29, 0.717) is 24.3 Å². The summed E-state index contributed by atoms with van der Waals surface area (Å²) in [6, 6.07) is 1.77. The van der Waals surface area contributed by atoms with E-state index in [-0.39, 0.29) is 5.54 Å².